The molecule has 1 unspecified atom stereocenters. The first-order valence-corrected chi connectivity index (χ1v) is 5.02. The molecule has 2 rings (SSSR count). The molecule has 0 heterocycles. The summed E-state index contributed by atoms with van der Waals surface area (Å²) < 4.78 is 5.78. The second-order valence-corrected chi connectivity index (χ2v) is 3.95. The molecule has 2 heteroatoms. The van der Waals surface area contributed by atoms with E-state index in [1.807, 2.05) is 0 Å². The van der Waals surface area contributed by atoms with E-state index < -0.39 is 0 Å². The van der Waals surface area contributed by atoms with Gasteiger partial charge in [-0.3, -0.25) is 4.79 Å². The summed E-state index contributed by atoms with van der Waals surface area (Å²) in [6, 6.07) is 0. The van der Waals surface area contributed by atoms with Gasteiger partial charge in [-0.25, -0.2) is 0 Å². The molecular formula is C10H16O2. The van der Waals surface area contributed by atoms with Crippen molar-refractivity contribution in [2.45, 2.75) is 57.2 Å². The number of rotatable bonds is 2. The highest BCUT2D eigenvalue weighted by molar-refractivity contribution is 5.79. The highest BCUT2D eigenvalue weighted by Crippen LogP contribution is 2.27. The van der Waals surface area contributed by atoms with E-state index in [4.69, 9.17) is 4.74 Å². The molecule has 2 aliphatic rings. The molecule has 0 bridgehead atoms. The molecule has 2 nitrogen and oxygen atoms in total. The smallest absolute Gasteiger partial charge is 0.135 e. The minimum Gasteiger partial charge on any atom is -0.375 e. The Morgan fingerprint density at radius 2 is 1.83 bits per heavy atom. The molecule has 2 aliphatic carbocycles. The van der Waals surface area contributed by atoms with Gasteiger partial charge in [-0.2, -0.15) is 0 Å². The molecule has 0 spiro atoms. The highest BCUT2D eigenvalue weighted by atomic mass is 16.5. The van der Waals surface area contributed by atoms with Gasteiger partial charge in [0.2, 0.25) is 0 Å². The third-order valence-electron chi connectivity index (χ3n) is 2.87. The van der Waals surface area contributed by atoms with Crippen molar-refractivity contribution in [2.75, 3.05) is 0 Å². The molecule has 2 saturated carbocycles. The topological polar surface area (TPSA) is 26.3 Å². The Labute approximate surface area is 73.3 Å². The van der Waals surface area contributed by atoms with Gasteiger partial charge in [-0.15, -0.1) is 0 Å². The molecule has 0 aromatic heterocycles. The summed E-state index contributed by atoms with van der Waals surface area (Å²) in [5, 5.41) is 0. The van der Waals surface area contributed by atoms with Gasteiger partial charge in [0.05, 0.1) is 12.2 Å². The molecule has 0 aromatic rings. The zero-order chi connectivity index (χ0) is 8.39. The second-order valence-electron chi connectivity index (χ2n) is 3.95. The predicted octanol–water partition coefficient (Wildman–Crippen LogP) is 2.07. The van der Waals surface area contributed by atoms with Crippen molar-refractivity contribution in [3.63, 3.8) is 0 Å². The Kier molecular flexibility index (Phi) is 2.45. The van der Waals surface area contributed by atoms with Crippen LogP contribution in [-0.4, -0.2) is 18.0 Å². The van der Waals surface area contributed by atoms with Crippen LogP contribution in [0.25, 0.3) is 0 Å². The average Bonchev–Trinajstić information content (AvgIpc) is 1.97. The standard InChI is InChI=1S/C10H16O2/c11-8-3-1-6-10(7-8)12-9-4-2-5-9/h9-10H,1-7H2. The summed E-state index contributed by atoms with van der Waals surface area (Å²) >= 11 is 0. The lowest BCUT2D eigenvalue weighted by molar-refractivity contribution is -0.128. The number of ether oxygens (including phenoxy) is 1. The second kappa shape index (κ2) is 3.56. The van der Waals surface area contributed by atoms with Gasteiger partial charge in [0.15, 0.2) is 0 Å². The van der Waals surface area contributed by atoms with E-state index in [9.17, 15) is 4.79 Å². The molecular weight excluding hydrogens is 152 g/mol. The molecule has 0 aromatic carbocycles. The molecule has 12 heavy (non-hydrogen) atoms. The van der Waals surface area contributed by atoms with Crippen LogP contribution in [0.5, 0.6) is 0 Å². The van der Waals surface area contributed by atoms with Crippen LogP contribution in [-0.2, 0) is 9.53 Å². The average molecular weight is 168 g/mol. The van der Waals surface area contributed by atoms with E-state index >= 15 is 0 Å². The number of carbonyl (C=O) groups excluding carboxylic acids is 1. The van der Waals surface area contributed by atoms with Crippen molar-refractivity contribution < 1.29 is 9.53 Å². The van der Waals surface area contributed by atoms with Crippen molar-refractivity contribution >= 4 is 5.78 Å². The van der Waals surface area contributed by atoms with E-state index in [1.54, 1.807) is 0 Å². The van der Waals surface area contributed by atoms with Gasteiger partial charge in [0, 0.05) is 12.8 Å². The van der Waals surface area contributed by atoms with Crippen LogP contribution in [0, 0.1) is 0 Å². The lowest BCUT2D eigenvalue weighted by Gasteiger charge is -2.31. The van der Waals surface area contributed by atoms with Crippen molar-refractivity contribution in [3.05, 3.63) is 0 Å². The Morgan fingerprint density at radius 1 is 1.08 bits per heavy atom. The summed E-state index contributed by atoms with van der Waals surface area (Å²) in [5.41, 5.74) is 0. The lowest BCUT2D eigenvalue weighted by atomic mass is 9.93. The van der Waals surface area contributed by atoms with Crippen LogP contribution in [0.15, 0.2) is 0 Å². The molecule has 2 fully saturated rings. The fraction of sp³-hybridized carbons (Fsp3) is 0.900. The van der Waals surface area contributed by atoms with Gasteiger partial charge in [-0.05, 0) is 32.1 Å². The van der Waals surface area contributed by atoms with E-state index in [1.165, 1.54) is 19.3 Å². The SMILES string of the molecule is O=C1CCCC(OC2CCC2)C1. The predicted molar refractivity (Wildman–Crippen MR) is 46.0 cm³/mol. The molecule has 0 N–H and O–H groups in total. The number of hydrogen-bond donors (Lipinski definition) is 0. The van der Waals surface area contributed by atoms with Gasteiger partial charge in [0.25, 0.3) is 0 Å². The molecule has 0 radical (unpaired) electrons. The van der Waals surface area contributed by atoms with Crippen LogP contribution in [0.2, 0.25) is 0 Å². The van der Waals surface area contributed by atoms with E-state index in [-0.39, 0.29) is 6.10 Å². The minimum absolute atomic E-state index is 0.261. The largest absolute Gasteiger partial charge is 0.375 e. The van der Waals surface area contributed by atoms with Crippen LogP contribution in [0.4, 0.5) is 0 Å². The van der Waals surface area contributed by atoms with Gasteiger partial charge in [-0.1, -0.05) is 0 Å². The van der Waals surface area contributed by atoms with Crippen LogP contribution < -0.4 is 0 Å². The fourth-order valence-electron chi connectivity index (χ4n) is 1.88. The summed E-state index contributed by atoms with van der Waals surface area (Å²) in [6.07, 6.45) is 8.08. The Hall–Kier alpha value is -0.370. The van der Waals surface area contributed by atoms with E-state index in [2.05, 4.69) is 0 Å². The third kappa shape index (κ3) is 1.86. The molecule has 0 saturated heterocycles. The summed E-state index contributed by atoms with van der Waals surface area (Å²) in [7, 11) is 0. The maximum absolute atomic E-state index is 11.1. The Bertz CT molecular complexity index is 173. The van der Waals surface area contributed by atoms with Crippen LogP contribution >= 0.6 is 0 Å². The monoisotopic (exact) mass is 168 g/mol. The normalized spacial score (nSPS) is 31.7. The number of hydrogen-bond acceptors (Lipinski definition) is 2. The zero-order valence-corrected chi connectivity index (χ0v) is 7.42. The van der Waals surface area contributed by atoms with E-state index in [0.717, 1.165) is 19.3 Å². The molecule has 0 amide bonds. The zero-order valence-electron chi connectivity index (χ0n) is 7.42. The summed E-state index contributed by atoms with van der Waals surface area (Å²) in [6.45, 7) is 0. The van der Waals surface area contributed by atoms with Gasteiger partial charge in [0.1, 0.15) is 5.78 Å². The van der Waals surface area contributed by atoms with Crippen LogP contribution in [0.1, 0.15) is 44.9 Å². The molecule has 1 atom stereocenters. The van der Waals surface area contributed by atoms with E-state index in [0.29, 0.717) is 18.3 Å². The lowest BCUT2D eigenvalue weighted by Crippen LogP contribution is -2.31. The van der Waals surface area contributed by atoms with Crippen molar-refractivity contribution in [3.8, 4) is 0 Å². The number of carbonyl (C=O) groups is 1. The first-order chi connectivity index (χ1) is 5.84. The Balaban J connectivity index is 1.74. The first kappa shape index (κ1) is 8.24. The number of ketones is 1. The summed E-state index contributed by atoms with van der Waals surface area (Å²) in [4.78, 5) is 11.1. The van der Waals surface area contributed by atoms with Crippen molar-refractivity contribution in [1.29, 1.82) is 0 Å². The minimum atomic E-state index is 0.261. The molecule has 0 aliphatic heterocycles. The van der Waals surface area contributed by atoms with Gasteiger partial charge >= 0.3 is 0 Å². The highest BCUT2D eigenvalue weighted by Gasteiger charge is 2.26. The first-order valence-electron chi connectivity index (χ1n) is 5.02. The quantitative estimate of drug-likeness (QED) is 0.631. The Morgan fingerprint density at radius 3 is 2.42 bits per heavy atom. The maximum atomic E-state index is 11.1. The third-order valence-corrected chi connectivity index (χ3v) is 2.87. The summed E-state index contributed by atoms with van der Waals surface area (Å²) in [5.74, 6) is 0.394. The molecule has 68 valence electrons. The van der Waals surface area contributed by atoms with Crippen molar-refractivity contribution in [2.24, 2.45) is 0 Å². The van der Waals surface area contributed by atoms with Crippen LogP contribution in [0.3, 0.4) is 0 Å². The van der Waals surface area contributed by atoms with Gasteiger partial charge < -0.3 is 4.74 Å². The fourth-order valence-corrected chi connectivity index (χ4v) is 1.88. The maximum Gasteiger partial charge on any atom is 0.135 e. The van der Waals surface area contributed by atoms with Crippen molar-refractivity contribution in [1.82, 2.24) is 0 Å². The number of Topliss-reactive ketones (excluding diaryl/α,β-unsaturated/α-hetero) is 1.